The molecule has 3 aromatic rings. The minimum atomic E-state index is -0.557. The van der Waals surface area contributed by atoms with Gasteiger partial charge in [-0.2, -0.15) is 5.10 Å². The summed E-state index contributed by atoms with van der Waals surface area (Å²) in [6.07, 6.45) is 2.44. The van der Waals surface area contributed by atoms with E-state index in [0.717, 1.165) is 30.2 Å². The van der Waals surface area contributed by atoms with Crippen LogP contribution in [0.15, 0.2) is 47.3 Å². The van der Waals surface area contributed by atoms with Crippen molar-refractivity contribution in [2.45, 2.75) is 52.1 Å². The third-order valence-electron chi connectivity index (χ3n) is 7.61. The smallest absolute Gasteiger partial charge is 0.410 e. The fourth-order valence-corrected chi connectivity index (χ4v) is 5.52. The van der Waals surface area contributed by atoms with Gasteiger partial charge in [-0.3, -0.25) is 9.59 Å². The highest BCUT2D eigenvalue weighted by Gasteiger charge is 2.43. The fourth-order valence-electron chi connectivity index (χ4n) is 5.52. The molecule has 5 rings (SSSR count). The Kier molecular flexibility index (Phi) is 6.71. The van der Waals surface area contributed by atoms with Crippen LogP contribution in [0.25, 0.3) is 10.8 Å². The van der Waals surface area contributed by atoms with Crippen LogP contribution in [0.4, 0.5) is 9.18 Å². The molecule has 8 nitrogen and oxygen atoms in total. The standard InChI is InChI=1S/C29H33FN4O4/c1-28(2,3)38-27(37)33-13-10-29(11-14-33)12-15-34(18-29)26(36)22-16-19(8-9-23(22)30)17-24-20-6-4-5-7-21(20)25(35)32-31-24/h4-9,16H,10-15,17-18H2,1-3H3,(H,32,35). The van der Waals surface area contributed by atoms with Crippen LogP contribution in [0.5, 0.6) is 0 Å². The molecule has 1 spiro atoms. The minimum Gasteiger partial charge on any atom is -0.444 e. The van der Waals surface area contributed by atoms with Crippen LogP contribution in [0.3, 0.4) is 0 Å². The quantitative estimate of drug-likeness (QED) is 0.548. The summed E-state index contributed by atoms with van der Waals surface area (Å²) in [6.45, 7) is 7.82. The van der Waals surface area contributed by atoms with Crippen LogP contribution in [0.1, 0.15) is 61.6 Å². The van der Waals surface area contributed by atoms with Crippen molar-refractivity contribution in [3.8, 4) is 0 Å². The number of rotatable bonds is 3. The number of halogens is 1. The second-order valence-electron chi connectivity index (χ2n) is 11.5. The Morgan fingerprint density at radius 1 is 1.03 bits per heavy atom. The van der Waals surface area contributed by atoms with E-state index in [1.807, 2.05) is 32.9 Å². The Hall–Kier alpha value is -3.75. The molecule has 3 heterocycles. The zero-order valence-electron chi connectivity index (χ0n) is 22.1. The first-order valence-electron chi connectivity index (χ1n) is 13.1. The molecule has 2 amide bonds. The van der Waals surface area contributed by atoms with E-state index in [1.54, 1.807) is 34.1 Å². The van der Waals surface area contributed by atoms with Gasteiger partial charge in [-0.15, -0.1) is 0 Å². The fraction of sp³-hybridized carbons (Fsp3) is 0.448. The molecular formula is C29H33FN4O4. The Balaban J connectivity index is 1.28. The number of hydrogen-bond acceptors (Lipinski definition) is 5. The number of hydrogen-bond donors (Lipinski definition) is 1. The average molecular weight is 521 g/mol. The van der Waals surface area contributed by atoms with Gasteiger partial charge in [0.2, 0.25) is 0 Å². The number of benzene rings is 2. The number of aromatic nitrogens is 2. The van der Waals surface area contributed by atoms with Crippen molar-refractivity contribution in [1.82, 2.24) is 20.0 Å². The van der Waals surface area contributed by atoms with Crippen molar-refractivity contribution < 1.29 is 18.7 Å². The van der Waals surface area contributed by atoms with Gasteiger partial charge in [-0.1, -0.05) is 24.3 Å². The Morgan fingerprint density at radius 3 is 2.37 bits per heavy atom. The van der Waals surface area contributed by atoms with Crippen molar-refractivity contribution in [2.75, 3.05) is 26.2 Å². The van der Waals surface area contributed by atoms with Gasteiger partial charge in [0.15, 0.2) is 0 Å². The third kappa shape index (κ3) is 5.28. The summed E-state index contributed by atoms with van der Waals surface area (Å²) in [5.74, 6) is -0.881. The lowest BCUT2D eigenvalue weighted by molar-refractivity contribution is 0.0108. The van der Waals surface area contributed by atoms with Gasteiger partial charge < -0.3 is 14.5 Å². The van der Waals surface area contributed by atoms with Gasteiger partial charge in [0.25, 0.3) is 11.5 Å². The first-order chi connectivity index (χ1) is 18.0. The first-order valence-corrected chi connectivity index (χ1v) is 13.1. The molecule has 0 atom stereocenters. The summed E-state index contributed by atoms with van der Waals surface area (Å²) in [4.78, 5) is 41.4. The lowest BCUT2D eigenvalue weighted by atomic mass is 9.78. The van der Waals surface area contributed by atoms with E-state index in [-0.39, 0.29) is 28.5 Å². The first kappa shape index (κ1) is 25.9. The molecule has 0 unspecified atom stereocenters. The normalized spacial score (nSPS) is 17.3. The maximum Gasteiger partial charge on any atom is 0.410 e. The lowest BCUT2D eigenvalue weighted by Gasteiger charge is -2.39. The Morgan fingerprint density at radius 2 is 1.68 bits per heavy atom. The van der Waals surface area contributed by atoms with E-state index in [4.69, 9.17) is 4.74 Å². The summed E-state index contributed by atoms with van der Waals surface area (Å²) in [6, 6.07) is 11.8. The van der Waals surface area contributed by atoms with Crippen LogP contribution in [0.2, 0.25) is 0 Å². The third-order valence-corrected chi connectivity index (χ3v) is 7.61. The molecule has 2 fully saturated rings. The number of amides is 2. The number of aromatic amines is 1. The van der Waals surface area contributed by atoms with Crippen LogP contribution >= 0.6 is 0 Å². The summed E-state index contributed by atoms with van der Waals surface area (Å²) < 4.78 is 20.4. The molecule has 2 aromatic carbocycles. The molecule has 0 aliphatic carbocycles. The number of nitrogens with one attached hydrogen (secondary N) is 1. The maximum absolute atomic E-state index is 14.9. The predicted molar refractivity (Wildman–Crippen MR) is 142 cm³/mol. The highest BCUT2D eigenvalue weighted by molar-refractivity contribution is 5.95. The molecular weight excluding hydrogens is 487 g/mol. The second kappa shape index (κ2) is 9.85. The van der Waals surface area contributed by atoms with E-state index in [2.05, 4.69) is 10.2 Å². The maximum atomic E-state index is 14.9. The molecule has 2 saturated heterocycles. The van der Waals surface area contributed by atoms with Gasteiger partial charge in [-0.25, -0.2) is 14.3 Å². The number of piperidine rings is 1. The molecule has 200 valence electrons. The van der Waals surface area contributed by atoms with Gasteiger partial charge in [0.1, 0.15) is 11.4 Å². The molecule has 2 aliphatic rings. The van der Waals surface area contributed by atoms with Crippen LogP contribution in [-0.2, 0) is 11.2 Å². The number of nitrogens with zero attached hydrogens (tertiary/aromatic N) is 3. The van der Waals surface area contributed by atoms with E-state index >= 15 is 0 Å². The zero-order valence-corrected chi connectivity index (χ0v) is 22.1. The van der Waals surface area contributed by atoms with E-state index in [1.165, 1.54) is 6.07 Å². The molecule has 0 saturated carbocycles. The molecule has 2 aliphatic heterocycles. The molecule has 9 heteroatoms. The summed E-state index contributed by atoms with van der Waals surface area (Å²) in [5, 5.41) is 8.00. The van der Waals surface area contributed by atoms with Crippen molar-refractivity contribution in [1.29, 1.82) is 0 Å². The average Bonchev–Trinajstić information content (AvgIpc) is 3.29. The largest absolute Gasteiger partial charge is 0.444 e. The summed E-state index contributed by atoms with van der Waals surface area (Å²) in [7, 11) is 0. The van der Waals surface area contributed by atoms with Crippen molar-refractivity contribution in [3.05, 3.63) is 75.5 Å². The highest BCUT2D eigenvalue weighted by Crippen LogP contribution is 2.41. The van der Waals surface area contributed by atoms with Crippen LogP contribution in [0, 0.1) is 11.2 Å². The molecule has 1 aromatic heterocycles. The predicted octanol–water partition coefficient (Wildman–Crippen LogP) is 4.52. The lowest BCUT2D eigenvalue weighted by Crippen LogP contribution is -2.46. The molecule has 0 radical (unpaired) electrons. The number of likely N-dealkylation sites (tertiary alicyclic amines) is 2. The van der Waals surface area contributed by atoms with E-state index < -0.39 is 11.4 Å². The highest BCUT2D eigenvalue weighted by atomic mass is 19.1. The van der Waals surface area contributed by atoms with Crippen molar-refractivity contribution >= 4 is 22.8 Å². The number of carbonyl (C=O) groups is 2. The van der Waals surface area contributed by atoms with Gasteiger partial charge in [-0.05, 0) is 69.2 Å². The summed E-state index contributed by atoms with van der Waals surface area (Å²) >= 11 is 0. The zero-order chi connectivity index (χ0) is 27.1. The molecule has 0 bridgehead atoms. The monoisotopic (exact) mass is 520 g/mol. The SMILES string of the molecule is CC(C)(C)OC(=O)N1CCC2(CC1)CCN(C(=O)c1cc(Cc3n[nH]c(=O)c4ccccc34)ccc1F)C2. The van der Waals surface area contributed by atoms with Crippen LogP contribution < -0.4 is 5.56 Å². The van der Waals surface area contributed by atoms with Gasteiger partial charge in [0.05, 0.1) is 16.6 Å². The van der Waals surface area contributed by atoms with E-state index in [9.17, 15) is 18.8 Å². The topological polar surface area (TPSA) is 95.6 Å². The number of H-pyrrole nitrogens is 1. The van der Waals surface area contributed by atoms with Crippen molar-refractivity contribution in [2.24, 2.45) is 5.41 Å². The van der Waals surface area contributed by atoms with Gasteiger partial charge >= 0.3 is 6.09 Å². The van der Waals surface area contributed by atoms with Crippen LogP contribution in [-0.4, -0.2) is 63.8 Å². The number of fused-ring (bicyclic) bond motifs is 1. The van der Waals surface area contributed by atoms with Gasteiger partial charge in [0, 0.05) is 38.0 Å². The number of carbonyl (C=O) groups excluding carboxylic acids is 2. The second-order valence-corrected chi connectivity index (χ2v) is 11.5. The van der Waals surface area contributed by atoms with E-state index in [0.29, 0.717) is 43.7 Å². The molecule has 1 N–H and O–H groups in total. The number of ether oxygens (including phenoxy) is 1. The molecule has 38 heavy (non-hydrogen) atoms. The Bertz CT molecular complexity index is 1440. The summed E-state index contributed by atoms with van der Waals surface area (Å²) in [5.41, 5.74) is 0.559. The van der Waals surface area contributed by atoms with Crippen molar-refractivity contribution in [3.63, 3.8) is 0 Å². The minimum absolute atomic E-state index is 0.0412. The Labute approximate surface area is 220 Å².